The van der Waals surface area contributed by atoms with E-state index in [4.69, 9.17) is 0 Å². The van der Waals surface area contributed by atoms with E-state index in [1.807, 2.05) is 37.3 Å². The van der Waals surface area contributed by atoms with Gasteiger partial charge in [0.15, 0.2) is 9.84 Å². The SMILES string of the molecule is CCCN(C(=O)Nc1ccccc1)C1CCS(=O)(=O)C1. The van der Waals surface area contributed by atoms with Gasteiger partial charge in [0.2, 0.25) is 0 Å². The molecular weight excluding hydrogens is 276 g/mol. The van der Waals surface area contributed by atoms with Crippen LogP contribution >= 0.6 is 0 Å². The highest BCUT2D eigenvalue weighted by molar-refractivity contribution is 7.91. The van der Waals surface area contributed by atoms with Crippen molar-refractivity contribution in [3.8, 4) is 0 Å². The summed E-state index contributed by atoms with van der Waals surface area (Å²) in [5.41, 5.74) is 0.722. The number of para-hydroxylation sites is 1. The van der Waals surface area contributed by atoms with E-state index in [0.29, 0.717) is 13.0 Å². The number of sulfone groups is 1. The molecule has 2 rings (SSSR count). The zero-order chi connectivity index (χ0) is 14.6. The summed E-state index contributed by atoms with van der Waals surface area (Å²) in [5, 5.41) is 2.82. The molecule has 1 saturated heterocycles. The molecule has 1 aromatic carbocycles. The van der Waals surface area contributed by atoms with Crippen LogP contribution in [0.3, 0.4) is 0 Å². The molecule has 0 spiro atoms. The average Bonchev–Trinajstić information content (AvgIpc) is 2.77. The summed E-state index contributed by atoms with van der Waals surface area (Å²) in [6.07, 6.45) is 1.34. The van der Waals surface area contributed by atoms with E-state index in [1.165, 1.54) is 0 Å². The van der Waals surface area contributed by atoms with Gasteiger partial charge in [0, 0.05) is 18.3 Å². The largest absolute Gasteiger partial charge is 0.322 e. The highest BCUT2D eigenvalue weighted by Gasteiger charge is 2.34. The lowest BCUT2D eigenvalue weighted by Crippen LogP contribution is -2.44. The first kappa shape index (κ1) is 14.8. The third-order valence-corrected chi connectivity index (χ3v) is 5.15. The van der Waals surface area contributed by atoms with E-state index in [2.05, 4.69) is 5.32 Å². The first-order chi connectivity index (χ1) is 9.52. The van der Waals surface area contributed by atoms with Crippen LogP contribution in [0.2, 0.25) is 0 Å². The Hall–Kier alpha value is -1.56. The van der Waals surface area contributed by atoms with Crippen molar-refractivity contribution in [1.82, 2.24) is 4.90 Å². The summed E-state index contributed by atoms with van der Waals surface area (Å²) < 4.78 is 23.1. The van der Waals surface area contributed by atoms with E-state index in [0.717, 1.165) is 12.1 Å². The Kier molecular flexibility index (Phi) is 4.65. The van der Waals surface area contributed by atoms with Crippen LogP contribution in [0.1, 0.15) is 19.8 Å². The van der Waals surface area contributed by atoms with Crippen LogP contribution in [0.25, 0.3) is 0 Å². The predicted octanol–water partition coefficient (Wildman–Crippen LogP) is 2.12. The van der Waals surface area contributed by atoms with Crippen LogP contribution in [0.15, 0.2) is 30.3 Å². The number of benzene rings is 1. The fraction of sp³-hybridized carbons (Fsp3) is 0.500. The first-order valence-electron chi connectivity index (χ1n) is 6.85. The summed E-state index contributed by atoms with van der Waals surface area (Å²) in [4.78, 5) is 14.0. The first-order valence-corrected chi connectivity index (χ1v) is 8.67. The Morgan fingerprint density at radius 1 is 1.35 bits per heavy atom. The monoisotopic (exact) mass is 296 g/mol. The minimum atomic E-state index is -2.99. The van der Waals surface area contributed by atoms with Crippen LogP contribution in [0, 0.1) is 0 Å². The molecule has 0 aliphatic carbocycles. The molecule has 1 heterocycles. The van der Waals surface area contributed by atoms with Crippen molar-refractivity contribution in [3.63, 3.8) is 0 Å². The van der Waals surface area contributed by atoms with Gasteiger partial charge in [-0.1, -0.05) is 25.1 Å². The molecule has 1 fully saturated rings. The summed E-state index contributed by atoms with van der Waals surface area (Å²) in [6.45, 7) is 2.55. The highest BCUT2D eigenvalue weighted by Crippen LogP contribution is 2.19. The molecule has 2 amide bonds. The zero-order valence-corrected chi connectivity index (χ0v) is 12.4. The van der Waals surface area contributed by atoms with Gasteiger partial charge in [-0.05, 0) is 25.0 Å². The molecule has 1 aliphatic rings. The minimum absolute atomic E-state index is 0.0786. The molecule has 1 aliphatic heterocycles. The topological polar surface area (TPSA) is 66.5 Å². The Morgan fingerprint density at radius 2 is 2.05 bits per heavy atom. The third kappa shape index (κ3) is 3.72. The predicted molar refractivity (Wildman–Crippen MR) is 79.5 cm³/mol. The number of hydrogen-bond donors (Lipinski definition) is 1. The highest BCUT2D eigenvalue weighted by atomic mass is 32.2. The van der Waals surface area contributed by atoms with E-state index in [-0.39, 0.29) is 23.6 Å². The van der Waals surface area contributed by atoms with E-state index >= 15 is 0 Å². The van der Waals surface area contributed by atoms with E-state index in [9.17, 15) is 13.2 Å². The van der Waals surface area contributed by atoms with Gasteiger partial charge < -0.3 is 10.2 Å². The van der Waals surface area contributed by atoms with Gasteiger partial charge in [-0.15, -0.1) is 0 Å². The maximum absolute atomic E-state index is 12.3. The number of carbonyl (C=O) groups excluding carboxylic acids is 1. The van der Waals surface area contributed by atoms with Crippen molar-refractivity contribution >= 4 is 21.6 Å². The second kappa shape index (κ2) is 6.26. The summed E-state index contributed by atoms with van der Waals surface area (Å²) in [7, 11) is -2.99. The van der Waals surface area contributed by atoms with Gasteiger partial charge in [0.05, 0.1) is 11.5 Å². The van der Waals surface area contributed by atoms with Crippen molar-refractivity contribution in [1.29, 1.82) is 0 Å². The number of nitrogens with one attached hydrogen (secondary N) is 1. The van der Waals surface area contributed by atoms with Crippen molar-refractivity contribution in [2.75, 3.05) is 23.4 Å². The van der Waals surface area contributed by atoms with Crippen LogP contribution in [0.4, 0.5) is 10.5 Å². The van der Waals surface area contributed by atoms with Gasteiger partial charge in [-0.25, -0.2) is 13.2 Å². The Bertz CT molecular complexity index is 557. The molecule has 0 saturated carbocycles. The molecule has 1 atom stereocenters. The van der Waals surface area contributed by atoms with Crippen molar-refractivity contribution < 1.29 is 13.2 Å². The summed E-state index contributed by atoms with van der Waals surface area (Å²) in [5.74, 6) is 0.256. The zero-order valence-electron chi connectivity index (χ0n) is 11.6. The molecule has 1 unspecified atom stereocenters. The van der Waals surface area contributed by atoms with Gasteiger partial charge in [-0.3, -0.25) is 0 Å². The van der Waals surface area contributed by atoms with E-state index < -0.39 is 9.84 Å². The number of hydrogen-bond acceptors (Lipinski definition) is 3. The molecule has 5 nitrogen and oxygen atoms in total. The molecule has 6 heteroatoms. The number of carbonyl (C=O) groups is 1. The molecule has 0 radical (unpaired) electrons. The van der Waals surface area contributed by atoms with Crippen molar-refractivity contribution in [3.05, 3.63) is 30.3 Å². The van der Waals surface area contributed by atoms with E-state index in [1.54, 1.807) is 4.90 Å². The Balaban J connectivity index is 2.06. The Labute approximate surface area is 119 Å². The van der Waals surface area contributed by atoms with Crippen LogP contribution in [-0.4, -0.2) is 43.4 Å². The maximum Gasteiger partial charge on any atom is 0.322 e. The van der Waals surface area contributed by atoms with Gasteiger partial charge in [-0.2, -0.15) is 0 Å². The smallest absolute Gasteiger partial charge is 0.321 e. The molecule has 20 heavy (non-hydrogen) atoms. The molecule has 0 aromatic heterocycles. The lowest BCUT2D eigenvalue weighted by Gasteiger charge is -2.28. The van der Waals surface area contributed by atoms with Crippen LogP contribution < -0.4 is 5.32 Å². The Morgan fingerprint density at radius 3 is 2.60 bits per heavy atom. The molecule has 1 aromatic rings. The maximum atomic E-state index is 12.3. The van der Waals surface area contributed by atoms with Gasteiger partial charge in [0.1, 0.15) is 0 Å². The molecule has 110 valence electrons. The average molecular weight is 296 g/mol. The van der Waals surface area contributed by atoms with Crippen LogP contribution in [-0.2, 0) is 9.84 Å². The molecule has 0 bridgehead atoms. The van der Waals surface area contributed by atoms with Gasteiger partial charge in [0.25, 0.3) is 0 Å². The summed E-state index contributed by atoms with van der Waals surface area (Å²) in [6, 6.07) is 8.77. The summed E-state index contributed by atoms with van der Waals surface area (Å²) >= 11 is 0. The fourth-order valence-electron chi connectivity index (χ4n) is 2.43. The number of amides is 2. The normalized spacial score (nSPS) is 20.6. The van der Waals surface area contributed by atoms with Gasteiger partial charge >= 0.3 is 6.03 Å². The molecular formula is C14H20N2O3S. The lowest BCUT2D eigenvalue weighted by atomic mass is 10.2. The number of anilines is 1. The van der Waals surface area contributed by atoms with Crippen LogP contribution in [0.5, 0.6) is 0 Å². The quantitative estimate of drug-likeness (QED) is 0.925. The molecule has 1 N–H and O–H groups in total. The third-order valence-electron chi connectivity index (χ3n) is 3.40. The number of nitrogens with zero attached hydrogens (tertiary/aromatic N) is 1. The fourth-order valence-corrected chi connectivity index (χ4v) is 4.16. The second-order valence-electron chi connectivity index (χ2n) is 5.05. The second-order valence-corrected chi connectivity index (χ2v) is 7.28. The number of urea groups is 1. The lowest BCUT2D eigenvalue weighted by molar-refractivity contribution is 0.194. The van der Waals surface area contributed by atoms with Crippen molar-refractivity contribution in [2.45, 2.75) is 25.8 Å². The van der Waals surface area contributed by atoms with Crippen molar-refractivity contribution in [2.24, 2.45) is 0 Å². The standard InChI is InChI=1S/C14H20N2O3S/c1-2-9-16(13-8-10-20(18,19)11-13)14(17)15-12-6-4-3-5-7-12/h3-7,13H,2,8-11H2,1H3,(H,15,17). The number of rotatable bonds is 4. The minimum Gasteiger partial charge on any atom is -0.321 e.